The quantitative estimate of drug-likeness (QED) is 0.520. The van der Waals surface area contributed by atoms with Crippen molar-refractivity contribution in [3.8, 4) is 0 Å². The topological polar surface area (TPSA) is 12.0 Å². The molecule has 0 amide bonds. The minimum Gasteiger partial charge on any atom is -0.313 e. The van der Waals surface area contributed by atoms with Crippen molar-refractivity contribution < 1.29 is 0 Å². The molecular formula is C8H20ClNSi. The Morgan fingerprint density at radius 3 is 1.91 bits per heavy atom. The molecule has 0 bridgehead atoms. The first-order valence-corrected chi connectivity index (χ1v) is 5.72. The van der Waals surface area contributed by atoms with Crippen molar-refractivity contribution in [2.45, 2.75) is 32.9 Å². The van der Waals surface area contributed by atoms with Crippen molar-refractivity contribution >= 4 is 21.8 Å². The molecule has 0 fully saturated rings. The largest absolute Gasteiger partial charge is 0.313 e. The Balaban J connectivity index is 4.33. The Bertz CT molecular complexity index is 122. The summed E-state index contributed by atoms with van der Waals surface area (Å²) in [7, 11) is 1.09. The molecular weight excluding hydrogens is 174 g/mol. The van der Waals surface area contributed by atoms with Crippen molar-refractivity contribution in [1.29, 1.82) is 0 Å². The number of halogens is 1. The first kappa shape index (κ1) is 11.5. The first-order valence-electron chi connectivity index (χ1n) is 4.18. The van der Waals surface area contributed by atoms with Crippen LogP contribution in [-0.4, -0.2) is 27.8 Å². The third-order valence-corrected chi connectivity index (χ3v) is 5.68. The van der Waals surface area contributed by atoms with Crippen LogP contribution in [0.3, 0.4) is 0 Å². The summed E-state index contributed by atoms with van der Waals surface area (Å²) in [5.74, 6) is 0.719. The second-order valence-electron chi connectivity index (χ2n) is 4.25. The van der Waals surface area contributed by atoms with Crippen molar-refractivity contribution in [2.75, 3.05) is 12.4 Å². The number of alkyl halides is 1. The lowest BCUT2D eigenvalue weighted by molar-refractivity contribution is 0.251. The van der Waals surface area contributed by atoms with Gasteiger partial charge in [0, 0.05) is 21.3 Å². The zero-order valence-corrected chi connectivity index (χ0v) is 11.0. The molecule has 0 aromatic rings. The summed E-state index contributed by atoms with van der Waals surface area (Å²) < 4.78 is 0. The van der Waals surface area contributed by atoms with E-state index in [0.717, 1.165) is 22.7 Å². The van der Waals surface area contributed by atoms with E-state index in [0.29, 0.717) is 0 Å². The summed E-state index contributed by atoms with van der Waals surface area (Å²) in [6.45, 7) is 9.86. The van der Waals surface area contributed by atoms with E-state index in [-0.39, 0.29) is 10.6 Å². The molecule has 1 N–H and O–H groups in total. The lowest BCUT2D eigenvalue weighted by Gasteiger charge is -2.41. The van der Waals surface area contributed by atoms with E-state index >= 15 is 0 Å². The summed E-state index contributed by atoms with van der Waals surface area (Å²) >= 11 is 5.94. The van der Waals surface area contributed by atoms with Crippen molar-refractivity contribution in [2.24, 2.45) is 5.41 Å². The molecule has 0 radical (unpaired) electrons. The van der Waals surface area contributed by atoms with Crippen LogP contribution in [0, 0.1) is 5.41 Å². The SMILES string of the molecule is CCNC([SiH3])(CCl)C(C)(C)C. The average Bonchev–Trinajstić information content (AvgIpc) is 1.86. The third-order valence-electron chi connectivity index (χ3n) is 2.49. The zero-order chi connectivity index (χ0) is 9.12. The van der Waals surface area contributed by atoms with E-state index < -0.39 is 0 Å². The highest BCUT2D eigenvalue weighted by atomic mass is 35.5. The van der Waals surface area contributed by atoms with Gasteiger partial charge in [-0.1, -0.05) is 27.7 Å². The minimum absolute atomic E-state index is 0.184. The molecule has 1 nitrogen and oxygen atoms in total. The van der Waals surface area contributed by atoms with Crippen LogP contribution in [0.2, 0.25) is 0 Å². The molecule has 0 rings (SSSR count). The molecule has 1 atom stereocenters. The summed E-state index contributed by atoms with van der Waals surface area (Å²) in [5, 5.41) is 3.66. The fourth-order valence-electron chi connectivity index (χ4n) is 0.903. The molecule has 0 aliphatic rings. The van der Waals surface area contributed by atoms with E-state index in [9.17, 15) is 0 Å². The van der Waals surface area contributed by atoms with Gasteiger partial charge < -0.3 is 5.32 Å². The standard InChI is InChI=1S/C8H20ClNSi/c1-5-10-8(11,6-9)7(2,3)4/h10H,5-6H2,1-4,11H3. The predicted octanol–water partition coefficient (Wildman–Crippen LogP) is 0.943. The van der Waals surface area contributed by atoms with Crippen molar-refractivity contribution in [3.05, 3.63) is 0 Å². The first-order chi connectivity index (χ1) is 4.87. The van der Waals surface area contributed by atoms with Crippen LogP contribution in [0.4, 0.5) is 0 Å². The Hall–Kier alpha value is 0.467. The Kier molecular flexibility index (Phi) is 4.09. The van der Waals surface area contributed by atoms with Crippen molar-refractivity contribution in [1.82, 2.24) is 5.32 Å². The maximum absolute atomic E-state index is 5.94. The van der Waals surface area contributed by atoms with Gasteiger partial charge in [0.05, 0.1) is 0 Å². The Morgan fingerprint density at radius 2 is 1.82 bits per heavy atom. The van der Waals surface area contributed by atoms with E-state index in [1.54, 1.807) is 0 Å². The van der Waals surface area contributed by atoms with Crippen LogP contribution >= 0.6 is 11.6 Å². The lowest BCUT2D eigenvalue weighted by Crippen LogP contribution is -2.57. The van der Waals surface area contributed by atoms with Gasteiger partial charge in [-0.3, -0.25) is 0 Å². The minimum atomic E-state index is 0.184. The normalized spacial score (nSPS) is 18.3. The van der Waals surface area contributed by atoms with Crippen LogP contribution < -0.4 is 5.32 Å². The highest BCUT2D eigenvalue weighted by Gasteiger charge is 2.35. The number of hydrogen-bond acceptors (Lipinski definition) is 1. The highest BCUT2D eigenvalue weighted by molar-refractivity contribution is 6.26. The van der Waals surface area contributed by atoms with Crippen LogP contribution in [0.15, 0.2) is 0 Å². The maximum atomic E-state index is 5.94. The predicted molar refractivity (Wildman–Crippen MR) is 56.5 cm³/mol. The Morgan fingerprint density at radius 1 is 1.36 bits per heavy atom. The number of nitrogens with one attached hydrogen (secondary N) is 1. The van der Waals surface area contributed by atoms with Crippen molar-refractivity contribution in [3.63, 3.8) is 0 Å². The molecule has 11 heavy (non-hydrogen) atoms. The molecule has 1 unspecified atom stereocenters. The smallest absolute Gasteiger partial charge is 0.0373 e. The van der Waals surface area contributed by atoms with Crippen LogP contribution in [0.1, 0.15) is 27.7 Å². The van der Waals surface area contributed by atoms with Crippen LogP contribution in [0.25, 0.3) is 0 Å². The fraction of sp³-hybridized carbons (Fsp3) is 1.00. The van der Waals surface area contributed by atoms with Gasteiger partial charge in [-0.15, -0.1) is 11.6 Å². The highest BCUT2D eigenvalue weighted by Crippen LogP contribution is 2.28. The summed E-state index contributed by atoms with van der Waals surface area (Å²) in [6.07, 6.45) is 0. The second kappa shape index (κ2) is 3.92. The molecule has 0 spiro atoms. The van der Waals surface area contributed by atoms with Gasteiger partial charge >= 0.3 is 0 Å². The van der Waals surface area contributed by atoms with Gasteiger partial charge in [-0.2, -0.15) is 0 Å². The van der Waals surface area contributed by atoms with Crippen LogP contribution in [0.5, 0.6) is 0 Å². The summed E-state index contributed by atoms with van der Waals surface area (Å²) in [6, 6.07) is 0. The molecule has 0 aromatic carbocycles. The van der Waals surface area contributed by atoms with Gasteiger partial charge in [-0.25, -0.2) is 0 Å². The van der Waals surface area contributed by atoms with Gasteiger partial charge in [-0.05, 0) is 12.0 Å². The summed E-state index contributed by atoms with van der Waals surface area (Å²) in [5.41, 5.74) is 0.275. The average molecular weight is 194 g/mol. The molecule has 0 aliphatic heterocycles. The fourth-order valence-corrected chi connectivity index (χ4v) is 1.75. The van der Waals surface area contributed by atoms with Crippen LogP contribution in [-0.2, 0) is 0 Å². The monoisotopic (exact) mass is 193 g/mol. The zero-order valence-electron chi connectivity index (χ0n) is 8.29. The summed E-state index contributed by atoms with van der Waals surface area (Å²) in [4.78, 5) is 0. The Labute approximate surface area is 78.3 Å². The molecule has 0 saturated carbocycles. The molecule has 0 aliphatic carbocycles. The molecule has 0 heterocycles. The van der Waals surface area contributed by atoms with E-state index in [2.05, 4.69) is 33.0 Å². The molecule has 3 heteroatoms. The van der Waals surface area contributed by atoms with Gasteiger partial charge in [0.1, 0.15) is 0 Å². The second-order valence-corrected chi connectivity index (χ2v) is 6.22. The van der Waals surface area contributed by atoms with Gasteiger partial charge in [0.25, 0.3) is 0 Å². The van der Waals surface area contributed by atoms with E-state index in [1.165, 1.54) is 0 Å². The lowest BCUT2D eigenvalue weighted by atomic mass is 9.87. The van der Waals surface area contributed by atoms with Gasteiger partial charge in [0.2, 0.25) is 0 Å². The molecule has 0 saturated heterocycles. The molecule has 0 aromatic heterocycles. The van der Waals surface area contributed by atoms with E-state index in [1.807, 2.05) is 0 Å². The number of hydrogen-bond donors (Lipinski definition) is 1. The van der Waals surface area contributed by atoms with E-state index in [4.69, 9.17) is 11.6 Å². The maximum Gasteiger partial charge on any atom is 0.0373 e. The third kappa shape index (κ3) is 2.77. The molecule has 68 valence electrons. The van der Waals surface area contributed by atoms with Gasteiger partial charge in [0.15, 0.2) is 0 Å². The number of rotatable bonds is 3.